The molecular weight excluding hydrogens is 163 g/mol. The van der Waals surface area contributed by atoms with E-state index >= 15 is 0 Å². The third kappa shape index (κ3) is 1.34. The average Bonchev–Trinajstić information content (AvgIpc) is 2.00. The van der Waals surface area contributed by atoms with Crippen LogP contribution in [-0.2, 0) is 0 Å². The van der Waals surface area contributed by atoms with Gasteiger partial charge in [0.25, 0.3) is 0 Å². The van der Waals surface area contributed by atoms with Crippen LogP contribution in [0.2, 0.25) is 0 Å². The fraction of sp³-hybridized carbons (Fsp3) is 0.556. The molecule has 2 heteroatoms. The van der Waals surface area contributed by atoms with Crippen LogP contribution in [-0.4, -0.2) is 5.38 Å². The van der Waals surface area contributed by atoms with Crippen molar-refractivity contribution in [2.45, 2.75) is 25.6 Å². The summed E-state index contributed by atoms with van der Waals surface area (Å²) in [4.78, 5) is 0. The molecule has 0 saturated carbocycles. The predicted molar refractivity (Wildman–Crippen MR) is 46.4 cm³/mol. The molecule has 2 atom stereocenters. The maximum absolute atomic E-state index is 13.2. The highest BCUT2D eigenvalue weighted by atomic mass is 35.5. The molecule has 0 aliphatic heterocycles. The summed E-state index contributed by atoms with van der Waals surface area (Å²) in [5.74, 6) is -0.109. The van der Waals surface area contributed by atoms with E-state index in [1.165, 1.54) is 6.08 Å². The van der Waals surface area contributed by atoms with Crippen molar-refractivity contribution in [3.8, 4) is 0 Å². The standard InChI is InChI=1S/C9H12ClF/c1-3-9(2)7(10)5-4-6-8(9)11/h4-7H,3H2,1-2H3. The molecule has 0 aromatic carbocycles. The lowest BCUT2D eigenvalue weighted by molar-refractivity contribution is 0.309. The SMILES string of the molecule is CCC1(C)C(F)=CC=CC1Cl. The molecule has 0 bridgehead atoms. The molecule has 11 heavy (non-hydrogen) atoms. The molecule has 0 N–H and O–H groups in total. The van der Waals surface area contributed by atoms with E-state index in [1.54, 1.807) is 6.08 Å². The van der Waals surface area contributed by atoms with Gasteiger partial charge in [0.05, 0.1) is 5.38 Å². The van der Waals surface area contributed by atoms with Gasteiger partial charge in [0, 0.05) is 5.41 Å². The van der Waals surface area contributed by atoms with E-state index < -0.39 is 5.41 Å². The molecular formula is C9H12ClF. The smallest absolute Gasteiger partial charge is 0.108 e. The Balaban J connectivity index is 2.94. The maximum atomic E-state index is 13.2. The van der Waals surface area contributed by atoms with E-state index in [4.69, 9.17) is 11.6 Å². The Labute approximate surface area is 71.7 Å². The van der Waals surface area contributed by atoms with Crippen molar-refractivity contribution in [3.05, 3.63) is 24.1 Å². The Kier molecular flexibility index (Phi) is 2.38. The molecule has 0 aromatic heterocycles. The van der Waals surface area contributed by atoms with Crippen LogP contribution in [0.3, 0.4) is 0 Å². The Morgan fingerprint density at radius 3 is 2.73 bits per heavy atom. The summed E-state index contributed by atoms with van der Waals surface area (Å²) in [6.07, 6.45) is 5.72. The minimum absolute atomic E-state index is 0.109. The highest BCUT2D eigenvalue weighted by molar-refractivity contribution is 6.22. The second-order valence-corrected chi connectivity index (χ2v) is 3.54. The van der Waals surface area contributed by atoms with Gasteiger partial charge in [-0.3, -0.25) is 0 Å². The van der Waals surface area contributed by atoms with E-state index in [0.29, 0.717) is 0 Å². The number of rotatable bonds is 1. The molecule has 0 aromatic rings. The average molecular weight is 175 g/mol. The van der Waals surface area contributed by atoms with E-state index in [2.05, 4.69) is 0 Å². The first-order valence-electron chi connectivity index (χ1n) is 3.80. The van der Waals surface area contributed by atoms with Crippen molar-refractivity contribution in [2.75, 3.05) is 0 Å². The lowest BCUT2D eigenvalue weighted by Gasteiger charge is -2.31. The fourth-order valence-corrected chi connectivity index (χ4v) is 1.48. The van der Waals surface area contributed by atoms with E-state index in [-0.39, 0.29) is 11.2 Å². The molecule has 0 heterocycles. The summed E-state index contributed by atoms with van der Waals surface area (Å²) >= 11 is 5.95. The molecule has 1 rings (SSSR count). The Bertz CT molecular complexity index is 208. The minimum Gasteiger partial charge on any atom is -0.211 e. The van der Waals surface area contributed by atoms with Crippen molar-refractivity contribution in [2.24, 2.45) is 5.41 Å². The lowest BCUT2D eigenvalue weighted by Crippen LogP contribution is -2.28. The van der Waals surface area contributed by atoms with Crippen LogP contribution in [0.25, 0.3) is 0 Å². The third-order valence-electron chi connectivity index (χ3n) is 2.41. The quantitative estimate of drug-likeness (QED) is 0.535. The molecule has 1 aliphatic rings. The van der Waals surface area contributed by atoms with Crippen LogP contribution in [0.5, 0.6) is 0 Å². The molecule has 0 spiro atoms. The monoisotopic (exact) mass is 174 g/mol. The van der Waals surface area contributed by atoms with Crippen LogP contribution in [0, 0.1) is 5.41 Å². The van der Waals surface area contributed by atoms with Gasteiger partial charge in [-0.1, -0.05) is 26.0 Å². The predicted octanol–water partition coefficient (Wildman–Crippen LogP) is 3.43. The summed E-state index contributed by atoms with van der Waals surface area (Å²) < 4.78 is 13.2. The largest absolute Gasteiger partial charge is 0.211 e. The first-order chi connectivity index (χ1) is 5.11. The number of hydrogen-bond acceptors (Lipinski definition) is 0. The van der Waals surface area contributed by atoms with Gasteiger partial charge < -0.3 is 0 Å². The highest BCUT2D eigenvalue weighted by Gasteiger charge is 2.35. The van der Waals surface area contributed by atoms with Gasteiger partial charge in [0.15, 0.2) is 0 Å². The lowest BCUT2D eigenvalue weighted by atomic mass is 9.80. The Hall–Kier alpha value is -0.300. The van der Waals surface area contributed by atoms with Crippen molar-refractivity contribution in [1.29, 1.82) is 0 Å². The van der Waals surface area contributed by atoms with Gasteiger partial charge in [-0.25, -0.2) is 4.39 Å². The molecule has 1 aliphatic carbocycles. The minimum atomic E-state index is -0.490. The van der Waals surface area contributed by atoms with Crippen LogP contribution in [0.4, 0.5) is 4.39 Å². The first-order valence-corrected chi connectivity index (χ1v) is 4.23. The summed E-state index contributed by atoms with van der Waals surface area (Å²) in [5, 5.41) is -0.211. The normalized spacial score (nSPS) is 37.1. The van der Waals surface area contributed by atoms with Gasteiger partial charge in [-0.15, -0.1) is 11.6 Å². The Morgan fingerprint density at radius 2 is 2.36 bits per heavy atom. The highest BCUT2D eigenvalue weighted by Crippen LogP contribution is 2.41. The zero-order valence-corrected chi connectivity index (χ0v) is 7.53. The van der Waals surface area contributed by atoms with Crippen molar-refractivity contribution in [3.63, 3.8) is 0 Å². The van der Waals surface area contributed by atoms with Crippen LogP contribution < -0.4 is 0 Å². The summed E-state index contributed by atoms with van der Waals surface area (Å²) in [5.41, 5.74) is -0.490. The number of halogens is 2. The number of allylic oxidation sites excluding steroid dienone is 4. The summed E-state index contributed by atoms with van der Waals surface area (Å²) in [7, 11) is 0. The van der Waals surface area contributed by atoms with Crippen molar-refractivity contribution < 1.29 is 4.39 Å². The van der Waals surface area contributed by atoms with Gasteiger partial charge in [0.1, 0.15) is 5.83 Å². The van der Waals surface area contributed by atoms with E-state index in [0.717, 1.165) is 6.42 Å². The van der Waals surface area contributed by atoms with Crippen LogP contribution in [0.15, 0.2) is 24.1 Å². The molecule has 0 nitrogen and oxygen atoms in total. The zero-order chi connectivity index (χ0) is 8.48. The van der Waals surface area contributed by atoms with Gasteiger partial charge in [0.2, 0.25) is 0 Å². The van der Waals surface area contributed by atoms with Crippen molar-refractivity contribution >= 4 is 11.6 Å². The second kappa shape index (κ2) is 2.98. The van der Waals surface area contributed by atoms with Crippen LogP contribution >= 0.6 is 11.6 Å². The maximum Gasteiger partial charge on any atom is 0.108 e. The van der Waals surface area contributed by atoms with E-state index in [1.807, 2.05) is 19.9 Å². The fourth-order valence-electron chi connectivity index (χ4n) is 1.14. The van der Waals surface area contributed by atoms with Crippen LogP contribution in [0.1, 0.15) is 20.3 Å². The molecule has 2 unspecified atom stereocenters. The molecule has 0 fully saturated rings. The molecule has 0 radical (unpaired) electrons. The summed E-state index contributed by atoms with van der Waals surface area (Å²) in [6.45, 7) is 3.79. The Morgan fingerprint density at radius 1 is 1.73 bits per heavy atom. The number of alkyl halides is 1. The third-order valence-corrected chi connectivity index (χ3v) is 3.04. The summed E-state index contributed by atoms with van der Waals surface area (Å²) in [6, 6.07) is 0. The number of hydrogen-bond donors (Lipinski definition) is 0. The van der Waals surface area contributed by atoms with E-state index in [9.17, 15) is 4.39 Å². The van der Waals surface area contributed by atoms with Gasteiger partial charge >= 0.3 is 0 Å². The van der Waals surface area contributed by atoms with Gasteiger partial charge in [-0.2, -0.15) is 0 Å². The first kappa shape index (κ1) is 8.79. The van der Waals surface area contributed by atoms with Gasteiger partial charge in [-0.05, 0) is 12.5 Å². The second-order valence-electron chi connectivity index (χ2n) is 3.07. The topological polar surface area (TPSA) is 0 Å². The van der Waals surface area contributed by atoms with Crippen molar-refractivity contribution in [1.82, 2.24) is 0 Å². The molecule has 62 valence electrons. The molecule has 0 amide bonds. The molecule has 0 saturated heterocycles. The zero-order valence-electron chi connectivity index (χ0n) is 6.77.